The molecule has 3 aromatic carbocycles. The number of carbonyl (C=O) groups excluding carboxylic acids is 2. The van der Waals surface area contributed by atoms with Crippen molar-refractivity contribution in [3.05, 3.63) is 89.5 Å². The number of benzene rings is 3. The molecular formula is C29H33N5O4. The fraction of sp³-hybridized carbons (Fsp3) is 0.276. The number of hydrogen-bond donors (Lipinski definition) is 4. The third-order valence-electron chi connectivity index (χ3n) is 6.72. The molecule has 4 rings (SSSR count). The van der Waals surface area contributed by atoms with Gasteiger partial charge in [-0.25, -0.2) is 0 Å². The van der Waals surface area contributed by atoms with Crippen LogP contribution in [0.25, 0.3) is 0 Å². The van der Waals surface area contributed by atoms with Crippen LogP contribution in [0.2, 0.25) is 0 Å². The number of phenols is 1. The fourth-order valence-electron chi connectivity index (χ4n) is 4.62. The van der Waals surface area contributed by atoms with E-state index in [0.29, 0.717) is 17.2 Å². The number of nitrogens with one attached hydrogen (secondary N) is 1. The van der Waals surface area contributed by atoms with Gasteiger partial charge >= 0.3 is 0 Å². The minimum Gasteiger partial charge on any atom is -0.508 e. The summed E-state index contributed by atoms with van der Waals surface area (Å²) in [5, 5.41) is 15.1. The monoisotopic (exact) mass is 515 g/mol. The number of anilines is 1. The van der Waals surface area contributed by atoms with Gasteiger partial charge in [0.2, 0.25) is 5.96 Å². The van der Waals surface area contributed by atoms with Gasteiger partial charge in [-0.1, -0.05) is 43.5 Å². The van der Waals surface area contributed by atoms with E-state index in [1.54, 1.807) is 41.3 Å². The Labute approximate surface area is 222 Å². The van der Waals surface area contributed by atoms with Gasteiger partial charge in [-0.2, -0.15) is 0 Å². The molecule has 0 aliphatic heterocycles. The zero-order valence-electron chi connectivity index (χ0n) is 21.2. The van der Waals surface area contributed by atoms with E-state index in [4.69, 9.17) is 16.3 Å². The van der Waals surface area contributed by atoms with Crippen molar-refractivity contribution in [1.29, 1.82) is 0 Å². The summed E-state index contributed by atoms with van der Waals surface area (Å²) in [4.78, 5) is 27.3. The van der Waals surface area contributed by atoms with E-state index in [1.807, 2.05) is 12.1 Å². The fourth-order valence-corrected chi connectivity index (χ4v) is 4.62. The molecule has 9 nitrogen and oxygen atoms in total. The maximum Gasteiger partial charge on any atom is 0.265 e. The van der Waals surface area contributed by atoms with Gasteiger partial charge in [0.1, 0.15) is 11.5 Å². The number of guanidine groups is 1. The number of amides is 2. The maximum absolute atomic E-state index is 13.4. The zero-order valence-corrected chi connectivity index (χ0v) is 21.2. The lowest BCUT2D eigenvalue weighted by Gasteiger charge is -2.25. The number of hydrogen-bond acceptors (Lipinski definition) is 6. The third-order valence-corrected chi connectivity index (χ3v) is 6.72. The lowest BCUT2D eigenvalue weighted by Crippen LogP contribution is -2.37. The van der Waals surface area contributed by atoms with E-state index in [1.165, 1.54) is 49.8 Å². The Kier molecular flexibility index (Phi) is 8.81. The van der Waals surface area contributed by atoms with Crippen LogP contribution in [0.5, 0.6) is 11.5 Å². The molecule has 1 fully saturated rings. The molecule has 0 radical (unpaired) electrons. The average Bonchev–Trinajstić information content (AvgIpc) is 2.96. The first-order chi connectivity index (χ1) is 18.4. The highest BCUT2D eigenvalue weighted by atomic mass is 16.5. The van der Waals surface area contributed by atoms with E-state index in [-0.39, 0.29) is 30.8 Å². The van der Waals surface area contributed by atoms with E-state index >= 15 is 0 Å². The molecule has 38 heavy (non-hydrogen) atoms. The van der Waals surface area contributed by atoms with Crippen molar-refractivity contribution < 1.29 is 19.4 Å². The smallest absolute Gasteiger partial charge is 0.265 e. The van der Waals surface area contributed by atoms with Crippen molar-refractivity contribution in [2.75, 3.05) is 11.5 Å². The van der Waals surface area contributed by atoms with E-state index in [2.05, 4.69) is 22.6 Å². The molecule has 2 amide bonds. The highest BCUT2D eigenvalue weighted by Gasteiger charge is 2.20. The van der Waals surface area contributed by atoms with Crippen molar-refractivity contribution in [1.82, 2.24) is 5.32 Å². The first-order valence-corrected chi connectivity index (χ1v) is 12.7. The van der Waals surface area contributed by atoms with Crippen molar-refractivity contribution in [3.8, 4) is 11.5 Å². The van der Waals surface area contributed by atoms with Crippen molar-refractivity contribution in [3.63, 3.8) is 0 Å². The first kappa shape index (κ1) is 26.5. The van der Waals surface area contributed by atoms with Gasteiger partial charge in [0, 0.05) is 11.3 Å². The van der Waals surface area contributed by atoms with Crippen LogP contribution in [0.1, 0.15) is 59.5 Å². The summed E-state index contributed by atoms with van der Waals surface area (Å²) in [6.45, 7) is 0.113. The van der Waals surface area contributed by atoms with Crippen LogP contribution in [0, 0.1) is 0 Å². The van der Waals surface area contributed by atoms with Crippen LogP contribution in [0.4, 0.5) is 5.69 Å². The molecular weight excluding hydrogens is 482 g/mol. The molecule has 0 saturated heterocycles. The molecule has 1 aliphatic rings. The zero-order chi connectivity index (χ0) is 26.9. The number of hydrazone groups is 1. The Morgan fingerprint density at radius 1 is 0.947 bits per heavy atom. The van der Waals surface area contributed by atoms with Gasteiger partial charge in [0.05, 0.1) is 6.54 Å². The molecule has 0 unspecified atom stereocenters. The summed E-state index contributed by atoms with van der Waals surface area (Å²) >= 11 is 0. The maximum atomic E-state index is 13.4. The Balaban J connectivity index is 1.51. The van der Waals surface area contributed by atoms with Crippen LogP contribution < -0.4 is 26.5 Å². The predicted octanol–water partition coefficient (Wildman–Crippen LogP) is 3.97. The quantitative estimate of drug-likeness (QED) is 0.155. The molecule has 0 bridgehead atoms. The Bertz CT molecular complexity index is 1250. The second kappa shape index (κ2) is 12.6. The molecule has 0 aromatic heterocycles. The normalized spacial score (nSPS) is 14.1. The summed E-state index contributed by atoms with van der Waals surface area (Å²) < 4.78 is 5.69. The molecule has 3 aromatic rings. The summed E-state index contributed by atoms with van der Waals surface area (Å²) in [6.07, 6.45) is 6.21. The van der Waals surface area contributed by atoms with Crippen molar-refractivity contribution >= 4 is 23.5 Å². The number of rotatable bonds is 8. The number of carbonyl (C=O) groups is 2. The van der Waals surface area contributed by atoms with Gasteiger partial charge in [-0.3, -0.25) is 14.9 Å². The van der Waals surface area contributed by atoms with Gasteiger partial charge in [0.15, 0.2) is 6.61 Å². The predicted molar refractivity (Wildman–Crippen MR) is 147 cm³/mol. The van der Waals surface area contributed by atoms with Gasteiger partial charge in [-0.05, 0) is 78.4 Å². The van der Waals surface area contributed by atoms with Crippen LogP contribution in [0.15, 0.2) is 77.9 Å². The topological polar surface area (TPSA) is 143 Å². The van der Waals surface area contributed by atoms with Gasteiger partial charge in [0.25, 0.3) is 11.8 Å². The molecule has 198 valence electrons. The largest absolute Gasteiger partial charge is 0.508 e. The number of nitrogens with two attached hydrogens (primary N) is 2. The molecule has 9 heteroatoms. The third kappa shape index (κ3) is 7.03. The number of ether oxygens (including phenoxy) is 1. The first-order valence-electron chi connectivity index (χ1n) is 12.7. The Hall–Kier alpha value is -4.53. The Morgan fingerprint density at radius 3 is 2.24 bits per heavy atom. The summed E-state index contributed by atoms with van der Waals surface area (Å²) in [7, 11) is 0. The molecule has 0 heterocycles. The lowest BCUT2D eigenvalue weighted by molar-refractivity contribution is -0.120. The molecule has 1 aliphatic carbocycles. The standard InChI is InChI=1S/C29H33N5O4/c30-29(33-31)32-28(37)23-8-6-20(7-9-23)18-34(27(36)19-38-26-16-14-25(35)15-17-26)24-12-10-22(11-13-24)21-4-2-1-3-5-21/h6-17,21,35H,1-5,18-19,31H2,(H3,30,32,33,37). The minimum absolute atomic E-state index is 0.124. The van der Waals surface area contributed by atoms with Crippen LogP contribution in [-0.4, -0.2) is 29.5 Å². The minimum atomic E-state index is -0.434. The van der Waals surface area contributed by atoms with Gasteiger partial charge < -0.3 is 26.3 Å². The average molecular weight is 516 g/mol. The molecule has 0 spiro atoms. The highest BCUT2D eigenvalue weighted by molar-refractivity contribution is 6.05. The van der Waals surface area contributed by atoms with Crippen molar-refractivity contribution in [2.45, 2.75) is 44.6 Å². The van der Waals surface area contributed by atoms with Crippen LogP contribution >= 0.6 is 0 Å². The van der Waals surface area contributed by atoms with Crippen molar-refractivity contribution in [2.24, 2.45) is 16.7 Å². The van der Waals surface area contributed by atoms with E-state index < -0.39 is 5.91 Å². The summed E-state index contributed by atoms with van der Waals surface area (Å²) in [5.41, 5.74) is 8.74. The summed E-state index contributed by atoms with van der Waals surface area (Å²) in [5.74, 6) is 5.41. The van der Waals surface area contributed by atoms with E-state index in [9.17, 15) is 14.7 Å². The molecule has 0 atom stereocenters. The highest BCUT2D eigenvalue weighted by Crippen LogP contribution is 2.33. The van der Waals surface area contributed by atoms with Gasteiger partial charge in [-0.15, -0.1) is 5.10 Å². The lowest BCUT2D eigenvalue weighted by atomic mass is 9.84. The second-order valence-electron chi connectivity index (χ2n) is 9.35. The number of phenolic OH excluding ortho intramolecular Hbond substituents is 1. The summed E-state index contributed by atoms with van der Waals surface area (Å²) in [6, 6.07) is 21.3. The molecule has 1 saturated carbocycles. The molecule has 6 N–H and O–H groups in total. The number of nitrogens with zero attached hydrogens (tertiary/aromatic N) is 2. The number of aromatic hydroxyl groups is 1. The van der Waals surface area contributed by atoms with Crippen LogP contribution in [-0.2, 0) is 11.3 Å². The SMILES string of the molecule is N/N=C(\N)NC(=O)c1ccc(CN(C(=O)COc2ccc(O)cc2)c2ccc(C3CCCCC3)cc2)cc1. The second-order valence-corrected chi connectivity index (χ2v) is 9.35. The Morgan fingerprint density at radius 2 is 1.61 bits per heavy atom. The van der Waals surface area contributed by atoms with E-state index in [0.717, 1.165) is 11.3 Å². The van der Waals surface area contributed by atoms with Crippen LogP contribution in [0.3, 0.4) is 0 Å².